The molecule has 4 rings (SSSR count). The van der Waals surface area contributed by atoms with Gasteiger partial charge in [0, 0.05) is 30.0 Å². The number of piperidine rings is 1. The number of nitrogens with two attached hydrogens (primary N) is 1. The highest BCUT2D eigenvalue weighted by molar-refractivity contribution is 5.91. The predicted octanol–water partition coefficient (Wildman–Crippen LogP) is 2.09. The number of carbonyl (C=O) groups is 1. The molecule has 0 bridgehead atoms. The summed E-state index contributed by atoms with van der Waals surface area (Å²) in [5.74, 6) is 2.10. The number of nitrogen functional groups attached to an aromatic ring is 1. The summed E-state index contributed by atoms with van der Waals surface area (Å²) in [4.78, 5) is 20.9. The lowest BCUT2D eigenvalue weighted by Crippen LogP contribution is -2.71. The first-order valence-electron chi connectivity index (χ1n) is 11.2. The normalized spacial score (nSPS) is 23.4. The van der Waals surface area contributed by atoms with Crippen molar-refractivity contribution in [1.29, 1.82) is 0 Å². The molecule has 1 amide bonds. The van der Waals surface area contributed by atoms with Crippen LogP contribution in [-0.4, -0.2) is 58.0 Å². The molecule has 3 atom stereocenters. The van der Waals surface area contributed by atoms with E-state index in [9.17, 15) is 9.90 Å². The Kier molecular flexibility index (Phi) is 5.65. The van der Waals surface area contributed by atoms with Crippen molar-refractivity contribution < 1.29 is 9.90 Å². The second-order valence-corrected chi connectivity index (χ2v) is 10.0. The number of nitrogens with zero attached hydrogens (tertiary/aromatic N) is 4. The van der Waals surface area contributed by atoms with Crippen LogP contribution in [0.15, 0.2) is 24.3 Å². The summed E-state index contributed by atoms with van der Waals surface area (Å²) < 4.78 is 0.516. The number of aromatic nitrogens is 4. The van der Waals surface area contributed by atoms with E-state index in [4.69, 9.17) is 15.7 Å². The van der Waals surface area contributed by atoms with E-state index in [1.165, 1.54) is 0 Å². The molecule has 2 aromatic heterocycles. The Morgan fingerprint density at radius 3 is 2.67 bits per heavy atom. The van der Waals surface area contributed by atoms with Crippen LogP contribution in [0, 0.1) is 5.92 Å². The maximum absolute atomic E-state index is 11.3. The minimum atomic E-state index is -1.24. The van der Waals surface area contributed by atoms with E-state index in [1.807, 2.05) is 24.3 Å². The third-order valence-corrected chi connectivity index (χ3v) is 6.71. The first-order valence-corrected chi connectivity index (χ1v) is 11.2. The number of benzene rings is 1. The second-order valence-electron chi connectivity index (χ2n) is 10.0. The quantitative estimate of drug-likeness (QED) is 0.444. The molecule has 3 heterocycles. The summed E-state index contributed by atoms with van der Waals surface area (Å²) in [5, 5.41) is 24.9. The van der Waals surface area contributed by atoms with Crippen molar-refractivity contribution in [3.05, 3.63) is 24.3 Å². The zero-order chi connectivity index (χ0) is 24.0. The van der Waals surface area contributed by atoms with Crippen LogP contribution in [0.5, 0.6) is 0 Å². The molecule has 0 saturated carbocycles. The lowest BCUT2D eigenvalue weighted by molar-refractivity contribution is -0.252. The Hall–Kier alpha value is -3.40. The Bertz CT molecular complexity index is 1180. The number of likely N-dealkylation sites (tertiary alicyclic amines) is 1. The van der Waals surface area contributed by atoms with Gasteiger partial charge in [-0.05, 0) is 39.3 Å². The third-order valence-electron chi connectivity index (χ3n) is 6.71. The Morgan fingerprint density at radius 1 is 1.24 bits per heavy atom. The number of fused-ring (bicyclic) bond motifs is 1. The van der Waals surface area contributed by atoms with Crippen LogP contribution in [0.25, 0.3) is 22.2 Å². The van der Waals surface area contributed by atoms with Gasteiger partial charge in [0.05, 0.1) is 29.3 Å². The van der Waals surface area contributed by atoms with Crippen LogP contribution in [0.4, 0.5) is 22.4 Å². The summed E-state index contributed by atoms with van der Waals surface area (Å²) in [7, 11) is 1.79. The van der Waals surface area contributed by atoms with E-state index >= 15 is 0 Å². The van der Waals surface area contributed by atoms with Gasteiger partial charge in [-0.15, -0.1) is 0 Å². The molecule has 33 heavy (non-hydrogen) atoms. The van der Waals surface area contributed by atoms with Crippen LogP contribution in [-0.2, 0) is 0 Å². The number of rotatable bonds is 4. The first-order chi connectivity index (χ1) is 15.5. The van der Waals surface area contributed by atoms with Crippen molar-refractivity contribution in [1.82, 2.24) is 30.0 Å². The van der Waals surface area contributed by atoms with E-state index in [1.54, 1.807) is 7.05 Å². The average Bonchev–Trinajstić information content (AvgIpc) is 3.11. The van der Waals surface area contributed by atoms with Gasteiger partial charge in [0.25, 0.3) is 0 Å². The topological polar surface area (TPSA) is 145 Å². The third kappa shape index (κ3) is 4.18. The van der Waals surface area contributed by atoms with Gasteiger partial charge in [-0.25, -0.2) is 4.98 Å². The van der Waals surface area contributed by atoms with Crippen LogP contribution < -0.4 is 26.0 Å². The number of anilines is 2. The summed E-state index contributed by atoms with van der Waals surface area (Å²) in [6, 6.07) is 7.67. The van der Waals surface area contributed by atoms with Crippen LogP contribution in [0.3, 0.4) is 0 Å². The van der Waals surface area contributed by atoms with Gasteiger partial charge in [-0.3, -0.25) is 9.58 Å². The fourth-order valence-electron chi connectivity index (χ4n) is 5.08. The summed E-state index contributed by atoms with van der Waals surface area (Å²) in [6.45, 7) is 10.1. The highest BCUT2D eigenvalue weighted by Crippen LogP contribution is 2.39. The molecule has 1 saturated heterocycles. The number of carbonyl (C=O) groups excluding carboxylic acids is 1. The Balaban J connectivity index is 1.86. The van der Waals surface area contributed by atoms with E-state index in [0.29, 0.717) is 22.8 Å². The lowest BCUT2D eigenvalue weighted by atomic mass is 9.87. The molecule has 1 fully saturated rings. The molecule has 1 aliphatic heterocycles. The zero-order valence-electron chi connectivity index (χ0n) is 19.8. The standard InChI is InChI=1S/C23H32N8O2/c1-13-8-15(26-22(32)33)12-31(11-13,23(2,3)4)19-10-17(27-21(25-5)28-19)14-6-7-16-18(9-14)29-30-20(16)24/h6-7,9-10,13,15,26H,8,11-12H2,1-5H3,(H4-,24,25,27,28,29,30,32,33)/t13-,15-,31?/m1/s1. The highest BCUT2D eigenvalue weighted by atomic mass is 16.4. The molecule has 5 N–H and O–H groups in total. The molecule has 0 radical (unpaired) electrons. The van der Waals surface area contributed by atoms with Gasteiger partial charge in [0.1, 0.15) is 12.6 Å². The molecule has 10 heteroatoms. The molecule has 176 valence electrons. The molecular weight excluding hydrogens is 420 g/mol. The minimum absolute atomic E-state index is 0.223. The summed E-state index contributed by atoms with van der Waals surface area (Å²) in [5.41, 5.74) is 8.20. The smallest absolute Gasteiger partial charge is 0.233 e. The maximum atomic E-state index is 11.3. The number of nitrogens with one attached hydrogen (secondary N) is 3. The van der Waals surface area contributed by atoms with Crippen LogP contribution >= 0.6 is 0 Å². The second kappa shape index (κ2) is 8.18. The SMILES string of the molecule is CNc1nc(-c2ccc3c(N)n[nH]c3c2)cc([N+]2(C(C)(C)C)C[C@H](C)C[C@@H](NC(=O)[O-])C2)n1. The van der Waals surface area contributed by atoms with Crippen molar-refractivity contribution in [3.63, 3.8) is 0 Å². The van der Waals surface area contributed by atoms with Crippen molar-refractivity contribution in [3.8, 4) is 11.3 Å². The number of hydrogen-bond acceptors (Lipinski definition) is 7. The largest absolute Gasteiger partial charge is 0.530 e. The first kappa shape index (κ1) is 22.8. The molecule has 1 aromatic carbocycles. The number of quaternary nitrogens is 1. The number of hydrogen-bond donors (Lipinski definition) is 4. The van der Waals surface area contributed by atoms with Gasteiger partial charge in [-0.1, -0.05) is 13.0 Å². The highest BCUT2D eigenvalue weighted by Gasteiger charge is 2.49. The van der Waals surface area contributed by atoms with Crippen LogP contribution in [0.2, 0.25) is 0 Å². The predicted molar refractivity (Wildman–Crippen MR) is 128 cm³/mol. The van der Waals surface area contributed by atoms with Crippen LogP contribution in [0.1, 0.15) is 34.1 Å². The lowest BCUT2D eigenvalue weighted by Gasteiger charge is -2.53. The van der Waals surface area contributed by atoms with Gasteiger partial charge < -0.3 is 26.3 Å². The van der Waals surface area contributed by atoms with Crippen molar-refractivity contribution >= 4 is 34.6 Å². The number of amides is 1. The average molecular weight is 453 g/mol. The number of H-pyrrole nitrogens is 1. The molecule has 1 unspecified atom stereocenters. The molecule has 10 nitrogen and oxygen atoms in total. The van der Waals surface area contributed by atoms with Crippen molar-refractivity contribution in [2.45, 2.75) is 45.7 Å². The number of carboxylic acid groups (broad SMARTS) is 1. The van der Waals surface area contributed by atoms with E-state index in [2.05, 4.69) is 48.5 Å². The fourth-order valence-corrected chi connectivity index (χ4v) is 5.08. The Labute approximate surface area is 193 Å². The van der Waals surface area contributed by atoms with Gasteiger partial charge in [0.15, 0.2) is 5.82 Å². The number of aromatic amines is 1. The molecule has 0 aliphatic carbocycles. The van der Waals surface area contributed by atoms with Crippen molar-refractivity contribution in [2.24, 2.45) is 5.92 Å². The van der Waals surface area contributed by atoms with E-state index in [-0.39, 0.29) is 17.5 Å². The Morgan fingerprint density at radius 2 is 2.00 bits per heavy atom. The van der Waals surface area contributed by atoms with Gasteiger partial charge >= 0.3 is 0 Å². The monoisotopic (exact) mass is 452 g/mol. The van der Waals surface area contributed by atoms with E-state index < -0.39 is 6.09 Å². The summed E-state index contributed by atoms with van der Waals surface area (Å²) >= 11 is 0. The minimum Gasteiger partial charge on any atom is -0.530 e. The van der Waals surface area contributed by atoms with Gasteiger partial charge in [0.2, 0.25) is 11.8 Å². The molecular formula is C23H32N8O2. The molecule has 0 spiro atoms. The van der Waals surface area contributed by atoms with Crippen molar-refractivity contribution in [2.75, 3.05) is 31.2 Å². The maximum Gasteiger partial charge on any atom is 0.233 e. The summed E-state index contributed by atoms with van der Waals surface area (Å²) in [6.07, 6.45) is -0.480. The molecule has 3 aromatic rings. The molecule has 1 aliphatic rings. The zero-order valence-corrected chi connectivity index (χ0v) is 19.8. The fraction of sp³-hybridized carbons (Fsp3) is 0.478. The van der Waals surface area contributed by atoms with Gasteiger partial charge in [-0.2, -0.15) is 10.1 Å². The van der Waals surface area contributed by atoms with E-state index in [0.717, 1.165) is 40.9 Å².